The van der Waals surface area contributed by atoms with Crippen molar-refractivity contribution in [3.8, 4) is 5.75 Å². The Hall–Kier alpha value is -1.17. The van der Waals surface area contributed by atoms with Gasteiger partial charge in [-0.05, 0) is 43.7 Å². The van der Waals surface area contributed by atoms with Crippen LogP contribution in [-0.2, 0) is 4.79 Å². The molecule has 1 amide bonds. The topological polar surface area (TPSA) is 53.6 Å². The van der Waals surface area contributed by atoms with E-state index in [-0.39, 0.29) is 42.8 Å². The second kappa shape index (κ2) is 9.85. The second-order valence-corrected chi connectivity index (χ2v) is 7.72. The molecule has 3 aliphatic rings. The van der Waals surface area contributed by atoms with E-state index in [1.54, 1.807) is 7.11 Å². The SMILES string of the molecule is COc1ccccc1N1CCC(NC(=O)C2CC3CCCCC3N2)C1.Cl.Cl. The zero-order valence-electron chi connectivity index (χ0n) is 15.9. The molecule has 4 unspecified atom stereocenters. The maximum Gasteiger partial charge on any atom is 0.237 e. The van der Waals surface area contributed by atoms with E-state index in [2.05, 4.69) is 21.6 Å². The number of nitrogens with zero attached hydrogens (tertiary/aromatic N) is 1. The fraction of sp³-hybridized carbons (Fsp3) is 0.650. The standard InChI is InChI=1S/C20H29N3O2.2ClH/c1-25-19-9-5-4-8-18(19)23-11-10-15(13-23)21-20(24)17-12-14-6-2-3-7-16(14)22-17;;/h4-5,8-9,14-17,22H,2-3,6-7,10-13H2,1H3,(H,21,24);2*1H. The number of benzene rings is 1. The highest BCUT2D eigenvalue weighted by Crippen LogP contribution is 2.34. The van der Waals surface area contributed by atoms with Crippen molar-refractivity contribution in [2.75, 3.05) is 25.1 Å². The summed E-state index contributed by atoms with van der Waals surface area (Å²) in [6.07, 6.45) is 7.15. The first-order chi connectivity index (χ1) is 12.2. The van der Waals surface area contributed by atoms with Gasteiger partial charge in [-0.1, -0.05) is 25.0 Å². The molecule has 152 valence electrons. The number of fused-ring (bicyclic) bond motifs is 1. The number of hydrogen-bond donors (Lipinski definition) is 2. The van der Waals surface area contributed by atoms with E-state index in [1.165, 1.54) is 25.7 Å². The maximum absolute atomic E-state index is 12.7. The Bertz CT molecular complexity index is 617. The normalized spacial score (nSPS) is 29.3. The Morgan fingerprint density at radius 3 is 2.74 bits per heavy atom. The quantitative estimate of drug-likeness (QED) is 0.792. The van der Waals surface area contributed by atoms with E-state index in [0.717, 1.165) is 37.4 Å². The molecule has 1 aromatic rings. The molecule has 2 heterocycles. The number of nitrogens with one attached hydrogen (secondary N) is 2. The van der Waals surface area contributed by atoms with Crippen LogP contribution in [0.3, 0.4) is 0 Å². The number of methoxy groups -OCH3 is 1. The molecule has 1 aliphatic carbocycles. The molecule has 7 heteroatoms. The Kier molecular flexibility index (Phi) is 8.07. The predicted molar refractivity (Wildman–Crippen MR) is 114 cm³/mol. The number of para-hydroxylation sites is 2. The van der Waals surface area contributed by atoms with Crippen molar-refractivity contribution in [3.63, 3.8) is 0 Å². The highest BCUT2D eigenvalue weighted by atomic mass is 35.5. The first-order valence-corrected chi connectivity index (χ1v) is 9.69. The number of ether oxygens (including phenoxy) is 1. The summed E-state index contributed by atoms with van der Waals surface area (Å²) >= 11 is 0. The van der Waals surface area contributed by atoms with Crippen molar-refractivity contribution in [1.82, 2.24) is 10.6 Å². The number of anilines is 1. The number of rotatable bonds is 4. The highest BCUT2D eigenvalue weighted by Gasteiger charge is 2.39. The minimum Gasteiger partial charge on any atom is -0.495 e. The van der Waals surface area contributed by atoms with E-state index >= 15 is 0 Å². The van der Waals surface area contributed by atoms with Gasteiger partial charge in [0.1, 0.15) is 5.75 Å². The van der Waals surface area contributed by atoms with Gasteiger partial charge in [-0.15, -0.1) is 24.8 Å². The van der Waals surface area contributed by atoms with Crippen molar-refractivity contribution in [2.45, 2.75) is 56.7 Å². The van der Waals surface area contributed by atoms with Crippen LogP contribution in [0.2, 0.25) is 0 Å². The molecule has 27 heavy (non-hydrogen) atoms. The van der Waals surface area contributed by atoms with Crippen LogP contribution in [-0.4, -0.2) is 44.2 Å². The zero-order chi connectivity index (χ0) is 17.2. The number of halogens is 2. The van der Waals surface area contributed by atoms with Crippen LogP contribution in [0.25, 0.3) is 0 Å². The van der Waals surface area contributed by atoms with Crippen LogP contribution in [0.4, 0.5) is 5.69 Å². The third kappa shape index (κ3) is 4.82. The van der Waals surface area contributed by atoms with Crippen molar-refractivity contribution in [2.24, 2.45) is 5.92 Å². The average Bonchev–Trinajstić information content (AvgIpc) is 3.28. The van der Waals surface area contributed by atoms with E-state index in [0.29, 0.717) is 12.0 Å². The monoisotopic (exact) mass is 415 g/mol. The lowest BCUT2D eigenvalue weighted by Gasteiger charge is -2.24. The molecule has 3 fully saturated rings. The van der Waals surface area contributed by atoms with Gasteiger partial charge in [0.25, 0.3) is 0 Å². The molecule has 2 saturated heterocycles. The fourth-order valence-corrected chi connectivity index (χ4v) is 4.81. The number of carbonyl (C=O) groups excluding carboxylic acids is 1. The first kappa shape index (κ1) is 22.1. The molecule has 2 N–H and O–H groups in total. The third-order valence-corrected chi connectivity index (χ3v) is 6.14. The van der Waals surface area contributed by atoms with Crippen molar-refractivity contribution in [1.29, 1.82) is 0 Å². The van der Waals surface area contributed by atoms with Crippen molar-refractivity contribution >= 4 is 36.4 Å². The summed E-state index contributed by atoms with van der Waals surface area (Å²) in [7, 11) is 1.71. The molecular weight excluding hydrogens is 385 g/mol. The molecule has 2 aliphatic heterocycles. The fourth-order valence-electron chi connectivity index (χ4n) is 4.81. The lowest BCUT2D eigenvalue weighted by molar-refractivity contribution is -0.123. The van der Waals surface area contributed by atoms with Crippen LogP contribution in [0.5, 0.6) is 5.75 Å². The summed E-state index contributed by atoms with van der Waals surface area (Å²) in [5, 5.41) is 6.87. The van der Waals surface area contributed by atoms with E-state index in [1.807, 2.05) is 18.2 Å². The van der Waals surface area contributed by atoms with Crippen molar-refractivity contribution in [3.05, 3.63) is 24.3 Å². The van der Waals surface area contributed by atoms with Gasteiger partial charge in [-0.3, -0.25) is 4.79 Å². The second-order valence-electron chi connectivity index (χ2n) is 7.72. The zero-order valence-corrected chi connectivity index (χ0v) is 17.5. The largest absolute Gasteiger partial charge is 0.495 e. The van der Waals surface area contributed by atoms with Crippen LogP contribution in [0, 0.1) is 5.92 Å². The van der Waals surface area contributed by atoms with E-state index in [9.17, 15) is 4.79 Å². The van der Waals surface area contributed by atoms with Gasteiger partial charge in [0.2, 0.25) is 5.91 Å². The summed E-state index contributed by atoms with van der Waals surface area (Å²) in [6, 6.07) is 8.91. The van der Waals surface area contributed by atoms with Crippen LogP contribution < -0.4 is 20.3 Å². The molecule has 4 atom stereocenters. The summed E-state index contributed by atoms with van der Waals surface area (Å²) in [5.74, 6) is 1.80. The van der Waals surface area contributed by atoms with E-state index < -0.39 is 0 Å². The Labute approximate surface area is 174 Å². The third-order valence-electron chi connectivity index (χ3n) is 6.14. The van der Waals surface area contributed by atoms with Gasteiger partial charge < -0.3 is 20.3 Å². The molecule has 4 rings (SSSR count). The van der Waals surface area contributed by atoms with Gasteiger partial charge in [-0.2, -0.15) is 0 Å². The van der Waals surface area contributed by atoms with Crippen LogP contribution in [0.1, 0.15) is 38.5 Å². The Morgan fingerprint density at radius 2 is 1.96 bits per heavy atom. The van der Waals surface area contributed by atoms with E-state index in [4.69, 9.17) is 4.74 Å². The molecule has 0 aromatic heterocycles. The van der Waals surface area contributed by atoms with Gasteiger partial charge in [0.05, 0.1) is 18.8 Å². The lowest BCUT2D eigenvalue weighted by atomic mass is 9.85. The summed E-state index contributed by atoms with van der Waals surface area (Å²) in [4.78, 5) is 15.0. The molecule has 1 aromatic carbocycles. The number of hydrogen-bond acceptors (Lipinski definition) is 4. The van der Waals surface area contributed by atoms with Crippen LogP contribution in [0.15, 0.2) is 24.3 Å². The molecular formula is C20H31Cl2N3O2. The summed E-state index contributed by atoms with van der Waals surface area (Å²) < 4.78 is 5.47. The molecule has 0 radical (unpaired) electrons. The first-order valence-electron chi connectivity index (χ1n) is 9.69. The molecule has 0 spiro atoms. The molecule has 5 nitrogen and oxygen atoms in total. The summed E-state index contributed by atoms with van der Waals surface area (Å²) in [5.41, 5.74) is 1.12. The minimum absolute atomic E-state index is 0. The Morgan fingerprint density at radius 1 is 1.19 bits per heavy atom. The lowest BCUT2D eigenvalue weighted by Crippen LogP contribution is -2.47. The number of amides is 1. The van der Waals surface area contributed by atoms with Crippen LogP contribution >= 0.6 is 24.8 Å². The average molecular weight is 416 g/mol. The molecule has 1 saturated carbocycles. The van der Waals surface area contributed by atoms with Crippen molar-refractivity contribution < 1.29 is 9.53 Å². The number of carbonyl (C=O) groups is 1. The predicted octanol–water partition coefficient (Wildman–Crippen LogP) is 3.15. The van der Waals surface area contributed by atoms with Gasteiger partial charge in [0.15, 0.2) is 0 Å². The smallest absolute Gasteiger partial charge is 0.237 e. The summed E-state index contributed by atoms with van der Waals surface area (Å²) in [6.45, 7) is 1.81. The minimum atomic E-state index is 0. The van der Waals surface area contributed by atoms with Gasteiger partial charge in [-0.25, -0.2) is 0 Å². The van der Waals surface area contributed by atoms with Gasteiger partial charge >= 0.3 is 0 Å². The maximum atomic E-state index is 12.7. The Balaban J connectivity index is 0.00000131. The molecule has 0 bridgehead atoms. The van der Waals surface area contributed by atoms with Gasteiger partial charge in [0, 0.05) is 25.2 Å². The highest BCUT2D eigenvalue weighted by molar-refractivity contribution is 5.85.